The summed E-state index contributed by atoms with van der Waals surface area (Å²) in [5.74, 6) is 0.624. The van der Waals surface area contributed by atoms with Crippen LogP contribution in [0, 0.1) is 5.92 Å². The normalized spacial score (nSPS) is 10.6. The van der Waals surface area contributed by atoms with Gasteiger partial charge in [0.15, 0.2) is 0 Å². The van der Waals surface area contributed by atoms with E-state index in [1.54, 1.807) is 18.5 Å². The lowest BCUT2D eigenvalue weighted by molar-refractivity contribution is 0.108. The Bertz CT molecular complexity index is 306. The third-order valence-corrected chi connectivity index (χ3v) is 2.44. The van der Waals surface area contributed by atoms with E-state index in [1.807, 2.05) is 6.07 Å². The molecule has 0 saturated carbocycles. The standard InChI is InChI=1S/C11H15NOS/c1-8(2)6-9-4-5-10(12-7-9)11(13)14-3/h4-5,7-8H,6H2,1-3H3. The van der Waals surface area contributed by atoms with Crippen molar-refractivity contribution >= 4 is 16.9 Å². The molecule has 1 aromatic rings. The number of carbonyl (C=O) groups is 1. The minimum Gasteiger partial charge on any atom is -0.280 e. The van der Waals surface area contributed by atoms with E-state index < -0.39 is 0 Å². The molecule has 0 bridgehead atoms. The first-order chi connectivity index (χ1) is 6.63. The molecule has 0 fully saturated rings. The van der Waals surface area contributed by atoms with Crippen molar-refractivity contribution in [2.75, 3.05) is 6.26 Å². The number of hydrogen-bond donors (Lipinski definition) is 0. The molecule has 3 heteroatoms. The van der Waals surface area contributed by atoms with Gasteiger partial charge in [-0.1, -0.05) is 31.7 Å². The summed E-state index contributed by atoms with van der Waals surface area (Å²) in [6.45, 7) is 4.34. The average Bonchev–Trinajstić information content (AvgIpc) is 2.17. The molecule has 76 valence electrons. The Morgan fingerprint density at radius 1 is 1.50 bits per heavy atom. The summed E-state index contributed by atoms with van der Waals surface area (Å²) in [6, 6.07) is 3.78. The minimum absolute atomic E-state index is 0.0288. The first-order valence-corrected chi connectivity index (χ1v) is 5.89. The van der Waals surface area contributed by atoms with E-state index in [1.165, 1.54) is 17.3 Å². The van der Waals surface area contributed by atoms with Crippen molar-refractivity contribution in [2.24, 2.45) is 5.92 Å². The zero-order valence-corrected chi connectivity index (χ0v) is 9.60. The van der Waals surface area contributed by atoms with Gasteiger partial charge in [0.1, 0.15) is 5.69 Å². The van der Waals surface area contributed by atoms with Crippen LogP contribution < -0.4 is 0 Å². The van der Waals surface area contributed by atoms with Crippen LogP contribution in [0.3, 0.4) is 0 Å². The summed E-state index contributed by atoms with van der Waals surface area (Å²) in [6.07, 6.45) is 4.58. The topological polar surface area (TPSA) is 30.0 Å². The molecule has 0 amide bonds. The molecule has 0 unspecified atom stereocenters. The number of rotatable bonds is 3. The van der Waals surface area contributed by atoms with E-state index >= 15 is 0 Å². The molecule has 1 aromatic heterocycles. The molecule has 0 N–H and O–H groups in total. The van der Waals surface area contributed by atoms with Crippen LogP contribution in [0.25, 0.3) is 0 Å². The van der Waals surface area contributed by atoms with Crippen LogP contribution in [0.5, 0.6) is 0 Å². The lowest BCUT2D eigenvalue weighted by atomic mass is 10.0. The van der Waals surface area contributed by atoms with Gasteiger partial charge in [-0.15, -0.1) is 0 Å². The SMILES string of the molecule is CSC(=O)c1ccc(CC(C)C)cn1. The van der Waals surface area contributed by atoms with Crippen LogP contribution in [0.2, 0.25) is 0 Å². The summed E-state index contributed by atoms with van der Waals surface area (Å²) in [5.41, 5.74) is 1.74. The Kier molecular flexibility index (Phi) is 4.14. The van der Waals surface area contributed by atoms with E-state index in [4.69, 9.17) is 0 Å². The summed E-state index contributed by atoms with van der Waals surface area (Å²) in [4.78, 5) is 15.4. The van der Waals surface area contributed by atoms with Crippen LogP contribution in [0.4, 0.5) is 0 Å². The van der Waals surface area contributed by atoms with Crippen LogP contribution >= 0.6 is 11.8 Å². The highest BCUT2D eigenvalue weighted by Crippen LogP contribution is 2.10. The van der Waals surface area contributed by atoms with E-state index in [2.05, 4.69) is 18.8 Å². The second-order valence-electron chi connectivity index (χ2n) is 3.64. The van der Waals surface area contributed by atoms with Crippen molar-refractivity contribution in [2.45, 2.75) is 20.3 Å². The molecule has 0 aliphatic carbocycles. The molecule has 14 heavy (non-hydrogen) atoms. The number of thioether (sulfide) groups is 1. The molecule has 0 aliphatic heterocycles. The molecule has 0 aromatic carbocycles. The number of pyridine rings is 1. The van der Waals surface area contributed by atoms with Gasteiger partial charge in [0.2, 0.25) is 5.12 Å². The summed E-state index contributed by atoms with van der Waals surface area (Å²) in [7, 11) is 0. The van der Waals surface area contributed by atoms with E-state index in [0.29, 0.717) is 11.6 Å². The molecule has 1 rings (SSSR count). The van der Waals surface area contributed by atoms with Crippen LogP contribution in [0.1, 0.15) is 29.9 Å². The second kappa shape index (κ2) is 5.15. The lowest BCUT2D eigenvalue weighted by Gasteiger charge is -2.04. The number of hydrogen-bond acceptors (Lipinski definition) is 3. The fourth-order valence-electron chi connectivity index (χ4n) is 1.24. The van der Waals surface area contributed by atoms with Crippen molar-refractivity contribution in [3.8, 4) is 0 Å². The molecule has 2 nitrogen and oxygen atoms in total. The van der Waals surface area contributed by atoms with Gasteiger partial charge in [-0.3, -0.25) is 9.78 Å². The van der Waals surface area contributed by atoms with Crippen molar-refractivity contribution < 1.29 is 4.79 Å². The van der Waals surface area contributed by atoms with E-state index in [-0.39, 0.29) is 5.12 Å². The Labute approximate surface area is 89.1 Å². The maximum Gasteiger partial charge on any atom is 0.237 e. The molecule has 0 radical (unpaired) electrons. The molecule has 0 atom stereocenters. The van der Waals surface area contributed by atoms with Gasteiger partial charge in [0, 0.05) is 6.20 Å². The van der Waals surface area contributed by atoms with Crippen LogP contribution in [0.15, 0.2) is 18.3 Å². The highest BCUT2D eigenvalue weighted by Gasteiger charge is 2.05. The predicted molar refractivity (Wildman–Crippen MR) is 60.6 cm³/mol. The third kappa shape index (κ3) is 3.14. The molecular weight excluding hydrogens is 194 g/mol. The van der Waals surface area contributed by atoms with Crippen molar-refractivity contribution in [1.29, 1.82) is 0 Å². The van der Waals surface area contributed by atoms with Gasteiger partial charge < -0.3 is 0 Å². The summed E-state index contributed by atoms with van der Waals surface area (Å²) in [5, 5.41) is 0.0288. The summed E-state index contributed by atoms with van der Waals surface area (Å²) < 4.78 is 0. The van der Waals surface area contributed by atoms with Crippen molar-refractivity contribution in [1.82, 2.24) is 4.98 Å². The zero-order chi connectivity index (χ0) is 10.6. The quantitative estimate of drug-likeness (QED) is 0.766. The van der Waals surface area contributed by atoms with Crippen LogP contribution in [-0.2, 0) is 6.42 Å². The van der Waals surface area contributed by atoms with Gasteiger partial charge in [-0.25, -0.2) is 0 Å². The van der Waals surface area contributed by atoms with Gasteiger partial charge in [0.05, 0.1) is 0 Å². The monoisotopic (exact) mass is 209 g/mol. The number of carbonyl (C=O) groups excluding carboxylic acids is 1. The Morgan fingerprint density at radius 2 is 2.21 bits per heavy atom. The Hall–Kier alpha value is -0.830. The maximum atomic E-state index is 11.2. The second-order valence-corrected chi connectivity index (χ2v) is 4.42. The minimum atomic E-state index is 0.0288. The predicted octanol–water partition coefficient (Wildman–Crippen LogP) is 2.78. The largest absolute Gasteiger partial charge is 0.280 e. The molecule has 0 aliphatic rings. The average molecular weight is 209 g/mol. The molecule has 1 heterocycles. The Morgan fingerprint density at radius 3 is 2.64 bits per heavy atom. The first kappa shape index (κ1) is 11.2. The first-order valence-electron chi connectivity index (χ1n) is 4.66. The van der Waals surface area contributed by atoms with Gasteiger partial charge >= 0.3 is 0 Å². The van der Waals surface area contributed by atoms with Crippen molar-refractivity contribution in [3.05, 3.63) is 29.6 Å². The van der Waals surface area contributed by atoms with E-state index in [9.17, 15) is 4.79 Å². The molecule has 0 saturated heterocycles. The zero-order valence-electron chi connectivity index (χ0n) is 8.78. The third-order valence-electron chi connectivity index (χ3n) is 1.86. The molecule has 0 spiro atoms. The number of nitrogens with zero attached hydrogens (tertiary/aromatic N) is 1. The lowest BCUT2D eigenvalue weighted by Crippen LogP contribution is -1.99. The summed E-state index contributed by atoms with van der Waals surface area (Å²) >= 11 is 1.20. The highest BCUT2D eigenvalue weighted by molar-refractivity contribution is 8.13. The van der Waals surface area contributed by atoms with Crippen molar-refractivity contribution in [3.63, 3.8) is 0 Å². The smallest absolute Gasteiger partial charge is 0.237 e. The number of aromatic nitrogens is 1. The van der Waals surface area contributed by atoms with Gasteiger partial charge in [0.25, 0.3) is 0 Å². The highest BCUT2D eigenvalue weighted by atomic mass is 32.2. The molecular formula is C11H15NOS. The fourth-order valence-corrected chi connectivity index (χ4v) is 1.57. The fraction of sp³-hybridized carbons (Fsp3) is 0.455. The van der Waals surface area contributed by atoms with Gasteiger partial charge in [-0.2, -0.15) is 0 Å². The van der Waals surface area contributed by atoms with Crippen LogP contribution in [-0.4, -0.2) is 16.4 Å². The Balaban J connectivity index is 2.73. The maximum absolute atomic E-state index is 11.2. The van der Waals surface area contributed by atoms with E-state index in [0.717, 1.165) is 6.42 Å². The van der Waals surface area contributed by atoms with Gasteiger partial charge in [-0.05, 0) is 30.2 Å².